The van der Waals surface area contributed by atoms with Gasteiger partial charge < -0.3 is 4.42 Å². The van der Waals surface area contributed by atoms with Crippen LogP contribution in [0.1, 0.15) is 22.3 Å². The Hall–Kier alpha value is -8.99. The molecule has 0 N–H and O–H groups in total. The molecular weight excluding hydrogens is 827 g/mol. The van der Waals surface area contributed by atoms with Crippen LogP contribution in [0.15, 0.2) is 253 Å². The summed E-state index contributed by atoms with van der Waals surface area (Å²) in [5, 5.41) is 1.97. The summed E-state index contributed by atoms with van der Waals surface area (Å²) < 4.78 is 6.55. The Kier molecular flexibility index (Phi) is 9.36. The van der Waals surface area contributed by atoms with Gasteiger partial charge in [-0.2, -0.15) is 0 Å². The summed E-state index contributed by atoms with van der Waals surface area (Å²) in [5.41, 5.74) is 18.3. The standard InChI is InChI=1S/C64H41N3O/c1-5-17-42(18-6-1)46-21-15-22-49(39-46)62-65-61(45-19-7-2-8-20-45)66-63(67-62)54-28-16-30-59-60(54)55-40-47(36-38-58(55)68-59)43-31-33-44(34-32-43)48-35-37-53-52-27-13-14-29-56(52)64(57(53)41-48,50-23-9-3-10-24-50)51-25-11-4-12-26-51/h1-41H. The molecule has 13 rings (SSSR count). The first-order chi connectivity index (χ1) is 33.7. The second kappa shape index (κ2) is 16.2. The Labute approximate surface area is 394 Å². The third-order valence-electron chi connectivity index (χ3n) is 13.6. The first-order valence-electron chi connectivity index (χ1n) is 23.1. The highest BCUT2D eigenvalue weighted by Gasteiger charge is 2.46. The summed E-state index contributed by atoms with van der Waals surface area (Å²) in [5.74, 6) is 1.80. The van der Waals surface area contributed by atoms with Crippen LogP contribution in [0.25, 0.3) is 101 Å². The monoisotopic (exact) mass is 867 g/mol. The molecule has 4 heteroatoms. The molecule has 0 spiro atoms. The smallest absolute Gasteiger partial charge is 0.164 e. The maximum absolute atomic E-state index is 6.55. The molecular formula is C64H41N3O. The fraction of sp³-hybridized carbons (Fsp3) is 0.0156. The van der Waals surface area contributed by atoms with E-state index in [2.05, 4.69) is 200 Å². The van der Waals surface area contributed by atoms with E-state index in [0.717, 1.165) is 66.4 Å². The number of nitrogens with zero attached hydrogens (tertiary/aromatic N) is 3. The number of furan rings is 1. The predicted molar refractivity (Wildman–Crippen MR) is 277 cm³/mol. The van der Waals surface area contributed by atoms with E-state index in [0.29, 0.717) is 17.5 Å². The van der Waals surface area contributed by atoms with Crippen molar-refractivity contribution in [2.75, 3.05) is 0 Å². The molecule has 0 fully saturated rings. The summed E-state index contributed by atoms with van der Waals surface area (Å²) in [6.45, 7) is 0. The lowest BCUT2D eigenvalue weighted by atomic mass is 9.67. The third-order valence-corrected chi connectivity index (χ3v) is 13.6. The SMILES string of the molecule is c1ccc(-c2cccc(-c3nc(-c4ccccc4)nc(-c4cccc5oc6ccc(-c7ccc(-c8ccc9c(c8)C(c8ccccc8)(c8ccccc8)c8ccccc8-9)cc7)cc6c45)n3)c2)cc1. The van der Waals surface area contributed by atoms with E-state index in [1.807, 2.05) is 48.5 Å². The van der Waals surface area contributed by atoms with Crippen LogP contribution in [0.5, 0.6) is 0 Å². The molecule has 0 atom stereocenters. The van der Waals surface area contributed by atoms with Crippen molar-refractivity contribution in [3.63, 3.8) is 0 Å². The number of rotatable bonds is 8. The van der Waals surface area contributed by atoms with E-state index in [1.165, 1.54) is 38.9 Å². The molecule has 2 heterocycles. The van der Waals surface area contributed by atoms with Gasteiger partial charge in [-0.1, -0.05) is 218 Å². The Morgan fingerprint density at radius 1 is 0.279 bits per heavy atom. The average Bonchev–Trinajstić information content (AvgIpc) is 3.95. The van der Waals surface area contributed by atoms with Crippen LogP contribution in [0, 0.1) is 0 Å². The predicted octanol–water partition coefficient (Wildman–Crippen LogP) is 16.1. The zero-order valence-electron chi connectivity index (χ0n) is 36.9. The van der Waals surface area contributed by atoms with Gasteiger partial charge in [0.2, 0.25) is 0 Å². The lowest BCUT2D eigenvalue weighted by Gasteiger charge is -2.34. The molecule has 1 aliphatic rings. The molecule has 0 radical (unpaired) electrons. The molecule has 1 aliphatic carbocycles. The van der Waals surface area contributed by atoms with Crippen molar-refractivity contribution < 1.29 is 4.42 Å². The van der Waals surface area contributed by atoms with Crippen LogP contribution >= 0.6 is 0 Å². The van der Waals surface area contributed by atoms with Gasteiger partial charge >= 0.3 is 0 Å². The molecule has 0 aliphatic heterocycles. The van der Waals surface area contributed by atoms with Gasteiger partial charge in [0.15, 0.2) is 17.5 Å². The molecule has 4 nitrogen and oxygen atoms in total. The molecule has 0 saturated heterocycles. The van der Waals surface area contributed by atoms with Crippen molar-refractivity contribution in [2.45, 2.75) is 5.41 Å². The summed E-state index contributed by atoms with van der Waals surface area (Å²) in [4.78, 5) is 15.4. The molecule has 10 aromatic carbocycles. The van der Waals surface area contributed by atoms with Crippen LogP contribution in [0.2, 0.25) is 0 Å². The molecule has 0 bridgehead atoms. The molecule has 0 amide bonds. The lowest BCUT2D eigenvalue weighted by Crippen LogP contribution is -2.28. The highest BCUT2D eigenvalue weighted by atomic mass is 16.3. The van der Waals surface area contributed by atoms with Gasteiger partial charge in [-0.05, 0) is 97.1 Å². The van der Waals surface area contributed by atoms with Gasteiger partial charge in [0.05, 0.1) is 5.41 Å². The molecule has 12 aromatic rings. The van der Waals surface area contributed by atoms with Crippen LogP contribution in [-0.4, -0.2) is 15.0 Å². The fourth-order valence-electron chi connectivity index (χ4n) is 10.5. The fourth-order valence-corrected chi connectivity index (χ4v) is 10.5. The Balaban J connectivity index is 0.901. The van der Waals surface area contributed by atoms with E-state index in [-0.39, 0.29) is 0 Å². The highest BCUT2D eigenvalue weighted by molar-refractivity contribution is 6.13. The lowest BCUT2D eigenvalue weighted by molar-refractivity contribution is 0.669. The average molecular weight is 868 g/mol. The third kappa shape index (κ3) is 6.49. The molecule has 2 aromatic heterocycles. The number of aromatic nitrogens is 3. The minimum absolute atomic E-state index is 0.453. The number of hydrogen-bond acceptors (Lipinski definition) is 4. The van der Waals surface area contributed by atoms with E-state index in [4.69, 9.17) is 19.4 Å². The summed E-state index contributed by atoms with van der Waals surface area (Å²) >= 11 is 0. The summed E-state index contributed by atoms with van der Waals surface area (Å²) in [6.07, 6.45) is 0. The van der Waals surface area contributed by atoms with Crippen LogP contribution in [0.3, 0.4) is 0 Å². The van der Waals surface area contributed by atoms with Crippen LogP contribution in [0.4, 0.5) is 0 Å². The second-order valence-electron chi connectivity index (χ2n) is 17.5. The minimum atomic E-state index is -0.453. The molecule has 318 valence electrons. The second-order valence-corrected chi connectivity index (χ2v) is 17.5. The van der Waals surface area contributed by atoms with Crippen LogP contribution in [-0.2, 0) is 5.41 Å². The Bertz CT molecular complexity index is 3790. The van der Waals surface area contributed by atoms with Gasteiger partial charge in [0.1, 0.15) is 11.2 Å². The maximum Gasteiger partial charge on any atom is 0.164 e. The van der Waals surface area contributed by atoms with Crippen molar-refractivity contribution in [3.05, 3.63) is 271 Å². The van der Waals surface area contributed by atoms with E-state index in [9.17, 15) is 0 Å². The summed E-state index contributed by atoms with van der Waals surface area (Å²) in [7, 11) is 0. The Morgan fingerprint density at radius 2 is 0.750 bits per heavy atom. The molecule has 0 saturated carbocycles. The first-order valence-corrected chi connectivity index (χ1v) is 23.1. The first kappa shape index (κ1) is 39.4. The van der Waals surface area contributed by atoms with Gasteiger partial charge in [-0.3, -0.25) is 0 Å². The zero-order valence-corrected chi connectivity index (χ0v) is 36.9. The van der Waals surface area contributed by atoms with Gasteiger partial charge in [-0.15, -0.1) is 0 Å². The maximum atomic E-state index is 6.55. The molecule has 0 unspecified atom stereocenters. The minimum Gasteiger partial charge on any atom is -0.456 e. The Morgan fingerprint density at radius 3 is 1.46 bits per heavy atom. The largest absolute Gasteiger partial charge is 0.456 e. The van der Waals surface area contributed by atoms with Crippen molar-refractivity contribution >= 4 is 21.9 Å². The topological polar surface area (TPSA) is 51.8 Å². The number of hydrogen-bond donors (Lipinski definition) is 0. The quantitative estimate of drug-likeness (QED) is 0.153. The van der Waals surface area contributed by atoms with Gasteiger partial charge in [0, 0.05) is 27.5 Å². The van der Waals surface area contributed by atoms with Gasteiger partial charge in [0.25, 0.3) is 0 Å². The number of fused-ring (bicyclic) bond motifs is 6. The van der Waals surface area contributed by atoms with Crippen molar-refractivity contribution in [1.29, 1.82) is 0 Å². The van der Waals surface area contributed by atoms with Crippen molar-refractivity contribution in [2.24, 2.45) is 0 Å². The van der Waals surface area contributed by atoms with E-state index >= 15 is 0 Å². The normalized spacial score (nSPS) is 12.5. The van der Waals surface area contributed by atoms with Crippen LogP contribution < -0.4 is 0 Å². The zero-order chi connectivity index (χ0) is 45.0. The summed E-state index contributed by atoms with van der Waals surface area (Å²) in [6, 6.07) is 88.4. The van der Waals surface area contributed by atoms with E-state index < -0.39 is 5.41 Å². The number of benzene rings is 10. The van der Waals surface area contributed by atoms with Crippen molar-refractivity contribution in [1.82, 2.24) is 15.0 Å². The highest BCUT2D eigenvalue weighted by Crippen LogP contribution is 2.56. The van der Waals surface area contributed by atoms with Crippen molar-refractivity contribution in [3.8, 4) is 78.7 Å². The molecule has 68 heavy (non-hydrogen) atoms. The van der Waals surface area contributed by atoms with Gasteiger partial charge in [-0.25, -0.2) is 15.0 Å². The van der Waals surface area contributed by atoms with E-state index in [1.54, 1.807) is 0 Å².